The van der Waals surface area contributed by atoms with Crippen molar-refractivity contribution in [3.8, 4) is 0 Å². The van der Waals surface area contributed by atoms with Crippen LogP contribution < -0.4 is 5.73 Å². The van der Waals surface area contributed by atoms with Gasteiger partial charge in [0.1, 0.15) is 0 Å². The van der Waals surface area contributed by atoms with E-state index in [1.807, 2.05) is 12.1 Å². The quantitative estimate of drug-likeness (QED) is 0.735. The molecule has 0 atom stereocenters. The second-order valence-corrected chi connectivity index (χ2v) is 4.09. The molecule has 0 bridgehead atoms. The summed E-state index contributed by atoms with van der Waals surface area (Å²) in [6.45, 7) is 1.33. The molecule has 3 heterocycles. The van der Waals surface area contributed by atoms with Crippen LogP contribution in [0.25, 0.3) is 5.65 Å². The van der Waals surface area contributed by atoms with Gasteiger partial charge in [0.2, 0.25) is 0 Å². The summed E-state index contributed by atoms with van der Waals surface area (Å²) in [5.41, 5.74) is 6.61. The molecule has 0 radical (unpaired) electrons. The highest BCUT2D eigenvalue weighted by Gasteiger charge is 2.35. The highest BCUT2D eigenvalue weighted by Crippen LogP contribution is 2.27. The van der Waals surface area contributed by atoms with Gasteiger partial charge in [-0.2, -0.15) is 9.61 Å². The number of hydrogen-bond acceptors (Lipinski definition) is 5. The topological polar surface area (TPSA) is 78.3 Å². The van der Waals surface area contributed by atoms with Crippen LogP contribution in [0.4, 0.5) is 0 Å². The van der Waals surface area contributed by atoms with Gasteiger partial charge in [0.05, 0.1) is 5.54 Å². The molecule has 0 aromatic carbocycles. The Hall–Kier alpha value is -1.53. The predicted octanol–water partition coefficient (Wildman–Crippen LogP) is 0.0887. The Kier molecular flexibility index (Phi) is 2.12. The van der Waals surface area contributed by atoms with Crippen LogP contribution in [0.5, 0.6) is 0 Å². The van der Waals surface area contributed by atoms with Crippen molar-refractivity contribution in [2.24, 2.45) is 5.73 Å². The van der Waals surface area contributed by atoms with E-state index in [9.17, 15) is 0 Å². The molecule has 2 aromatic heterocycles. The second-order valence-electron chi connectivity index (χ2n) is 4.09. The van der Waals surface area contributed by atoms with Gasteiger partial charge in [-0.3, -0.25) is 0 Å². The molecule has 1 fully saturated rings. The fourth-order valence-electron chi connectivity index (χ4n) is 2.01. The molecule has 0 spiro atoms. The third-order valence-electron chi connectivity index (χ3n) is 3.01. The van der Waals surface area contributed by atoms with Crippen molar-refractivity contribution in [3.05, 3.63) is 24.2 Å². The molecule has 6 nitrogen and oxygen atoms in total. The number of nitrogens with zero attached hydrogens (tertiary/aromatic N) is 4. The van der Waals surface area contributed by atoms with Gasteiger partial charge in [-0.25, -0.2) is 0 Å². The molecule has 0 saturated carbocycles. The number of aromatic nitrogens is 4. The Labute approximate surface area is 92.4 Å². The molecule has 0 unspecified atom stereocenters. The van der Waals surface area contributed by atoms with Gasteiger partial charge in [-0.05, 0) is 25.0 Å². The number of rotatable bonds is 1. The fraction of sp³-hybridized carbons (Fsp3) is 0.500. The van der Waals surface area contributed by atoms with E-state index in [4.69, 9.17) is 10.5 Å². The fourth-order valence-corrected chi connectivity index (χ4v) is 2.01. The normalized spacial score (nSPS) is 20.1. The first-order valence-electron chi connectivity index (χ1n) is 5.33. The zero-order valence-corrected chi connectivity index (χ0v) is 8.83. The van der Waals surface area contributed by atoms with Crippen LogP contribution in [0.3, 0.4) is 0 Å². The van der Waals surface area contributed by atoms with Gasteiger partial charge < -0.3 is 10.5 Å². The van der Waals surface area contributed by atoms with Crippen molar-refractivity contribution in [2.45, 2.75) is 18.4 Å². The van der Waals surface area contributed by atoms with Crippen LogP contribution in [0.1, 0.15) is 18.7 Å². The Morgan fingerprint density at radius 1 is 1.31 bits per heavy atom. The van der Waals surface area contributed by atoms with Crippen LogP contribution in [-0.4, -0.2) is 33.0 Å². The first kappa shape index (κ1) is 9.68. The third-order valence-corrected chi connectivity index (χ3v) is 3.01. The summed E-state index contributed by atoms with van der Waals surface area (Å²) < 4.78 is 7.03. The van der Waals surface area contributed by atoms with Gasteiger partial charge >= 0.3 is 0 Å². The van der Waals surface area contributed by atoms with Gasteiger partial charge in [0.15, 0.2) is 11.5 Å². The lowest BCUT2D eigenvalue weighted by atomic mass is 9.90. The molecule has 16 heavy (non-hydrogen) atoms. The summed E-state index contributed by atoms with van der Waals surface area (Å²) in [6.07, 6.45) is 3.22. The molecule has 0 amide bonds. The van der Waals surface area contributed by atoms with Crippen LogP contribution >= 0.6 is 0 Å². The Bertz CT molecular complexity index is 503. The van der Waals surface area contributed by atoms with Crippen molar-refractivity contribution in [3.63, 3.8) is 0 Å². The summed E-state index contributed by atoms with van der Waals surface area (Å²) in [7, 11) is 0. The van der Waals surface area contributed by atoms with Crippen LogP contribution in [0.15, 0.2) is 18.3 Å². The minimum atomic E-state index is -0.466. The highest BCUT2D eigenvalue weighted by molar-refractivity contribution is 5.36. The summed E-state index contributed by atoms with van der Waals surface area (Å²) in [4.78, 5) is 0. The molecule has 1 aliphatic heterocycles. The molecule has 1 saturated heterocycles. The van der Waals surface area contributed by atoms with Crippen molar-refractivity contribution >= 4 is 5.65 Å². The predicted molar refractivity (Wildman–Crippen MR) is 56.7 cm³/mol. The molecular formula is C10H13N5O. The van der Waals surface area contributed by atoms with Gasteiger partial charge in [-0.1, -0.05) is 0 Å². The minimum Gasteiger partial charge on any atom is -0.381 e. The SMILES string of the molecule is NC1(c2nnc3cccnn23)CCOCC1. The van der Waals surface area contributed by atoms with Crippen molar-refractivity contribution in [2.75, 3.05) is 13.2 Å². The number of fused-ring (bicyclic) bond motifs is 1. The summed E-state index contributed by atoms with van der Waals surface area (Å²) in [6, 6.07) is 3.70. The average molecular weight is 219 g/mol. The molecule has 1 aliphatic rings. The largest absolute Gasteiger partial charge is 0.381 e. The third kappa shape index (κ3) is 1.38. The van der Waals surface area contributed by atoms with E-state index in [2.05, 4.69) is 15.3 Å². The van der Waals surface area contributed by atoms with Crippen molar-refractivity contribution < 1.29 is 4.74 Å². The molecular weight excluding hydrogens is 206 g/mol. The smallest absolute Gasteiger partial charge is 0.177 e. The average Bonchev–Trinajstić information content (AvgIpc) is 2.74. The standard InChI is InChI=1S/C10H13N5O/c11-10(3-6-16-7-4-10)9-14-13-8-2-1-5-12-15(8)9/h1-2,5H,3-4,6-7,11H2. The summed E-state index contributed by atoms with van der Waals surface area (Å²) >= 11 is 0. The van der Waals surface area contributed by atoms with E-state index in [1.54, 1.807) is 10.7 Å². The summed E-state index contributed by atoms with van der Waals surface area (Å²) in [5, 5.41) is 12.5. The van der Waals surface area contributed by atoms with E-state index >= 15 is 0 Å². The molecule has 84 valence electrons. The number of ether oxygens (including phenoxy) is 1. The molecule has 2 N–H and O–H groups in total. The summed E-state index contributed by atoms with van der Waals surface area (Å²) in [5.74, 6) is 0.728. The maximum atomic E-state index is 6.35. The number of hydrogen-bond donors (Lipinski definition) is 1. The van der Waals surface area contributed by atoms with Gasteiger partial charge in [-0.15, -0.1) is 10.2 Å². The van der Waals surface area contributed by atoms with Gasteiger partial charge in [0.25, 0.3) is 0 Å². The van der Waals surface area contributed by atoms with E-state index in [0.29, 0.717) is 13.2 Å². The van der Waals surface area contributed by atoms with E-state index in [1.165, 1.54) is 0 Å². The molecule has 6 heteroatoms. The Morgan fingerprint density at radius 2 is 2.12 bits per heavy atom. The molecule has 3 rings (SSSR count). The maximum Gasteiger partial charge on any atom is 0.177 e. The lowest BCUT2D eigenvalue weighted by Gasteiger charge is -2.31. The van der Waals surface area contributed by atoms with E-state index in [-0.39, 0.29) is 0 Å². The zero-order valence-electron chi connectivity index (χ0n) is 8.83. The van der Waals surface area contributed by atoms with Crippen LogP contribution in [-0.2, 0) is 10.3 Å². The second kappa shape index (κ2) is 3.50. The van der Waals surface area contributed by atoms with Crippen LogP contribution in [0, 0.1) is 0 Å². The zero-order chi connectivity index (χ0) is 11.0. The van der Waals surface area contributed by atoms with E-state index in [0.717, 1.165) is 24.3 Å². The van der Waals surface area contributed by atoms with Crippen molar-refractivity contribution in [1.82, 2.24) is 19.8 Å². The lowest BCUT2D eigenvalue weighted by Crippen LogP contribution is -2.44. The first-order chi connectivity index (χ1) is 7.80. The van der Waals surface area contributed by atoms with Crippen LogP contribution in [0.2, 0.25) is 0 Å². The van der Waals surface area contributed by atoms with E-state index < -0.39 is 5.54 Å². The number of nitrogens with two attached hydrogens (primary N) is 1. The maximum absolute atomic E-state index is 6.35. The van der Waals surface area contributed by atoms with Gasteiger partial charge in [0, 0.05) is 19.4 Å². The monoisotopic (exact) mass is 219 g/mol. The molecule has 0 aliphatic carbocycles. The van der Waals surface area contributed by atoms with Crippen molar-refractivity contribution in [1.29, 1.82) is 0 Å². The first-order valence-corrected chi connectivity index (χ1v) is 5.33. The molecule has 2 aromatic rings. The highest BCUT2D eigenvalue weighted by atomic mass is 16.5. The lowest BCUT2D eigenvalue weighted by molar-refractivity contribution is 0.0484. The Morgan fingerprint density at radius 3 is 2.94 bits per heavy atom. The minimum absolute atomic E-state index is 0.466. The Balaban J connectivity index is 2.11.